The van der Waals surface area contributed by atoms with E-state index < -0.39 is 5.97 Å². The number of carbonyl (C=O) groups is 1. The number of rotatable bonds is 1. The van der Waals surface area contributed by atoms with Gasteiger partial charge in [-0.1, -0.05) is 6.92 Å². The molecule has 0 saturated carbocycles. The minimum Gasteiger partial charge on any atom is -0.481 e. The lowest BCUT2D eigenvalue weighted by molar-refractivity contribution is -0.136. The lowest BCUT2D eigenvalue weighted by atomic mass is 10.5. The van der Waals surface area contributed by atoms with E-state index in [1.165, 1.54) is 0 Å². The van der Waals surface area contributed by atoms with Gasteiger partial charge in [-0.3, -0.25) is 9.79 Å². The van der Waals surface area contributed by atoms with E-state index >= 15 is 0 Å². The van der Waals surface area contributed by atoms with E-state index in [1.807, 2.05) is 26.0 Å². The summed E-state index contributed by atoms with van der Waals surface area (Å²) in [5, 5.41) is 10.6. The van der Waals surface area contributed by atoms with Crippen LogP contribution in [0.5, 0.6) is 0 Å². The van der Waals surface area contributed by atoms with Gasteiger partial charge in [0.15, 0.2) is 5.96 Å². The van der Waals surface area contributed by atoms with E-state index in [2.05, 4.69) is 10.3 Å². The summed E-state index contributed by atoms with van der Waals surface area (Å²) in [6.07, 6.45) is 0.222. The summed E-state index contributed by atoms with van der Waals surface area (Å²) in [5.41, 5.74) is 0. The molecule has 0 spiro atoms. The van der Waals surface area contributed by atoms with Crippen LogP contribution >= 0.6 is 0 Å². The number of hydrogen-bond donors (Lipinski definition) is 2. The fourth-order valence-corrected chi connectivity index (χ4v) is 0.535. The van der Waals surface area contributed by atoms with Crippen molar-refractivity contribution in [2.24, 2.45) is 4.99 Å². The van der Waals surface area contributed by atoms with Crippen LogP contribution in [0.3, 0.4) is 0 Å². The SMILES string of the molecule is C/N=C(\NC)N(C)C.CCC(=O)O. The van der Waals surface area contributed by atoms with Crippen molar-refractivity contribution in [3.05, 3.63) is 0 Å². The molecule has 5 nitrogen and oxygen atoms in total. The lowest BCUT2D eigenvalue weighted by Crippen LogP contribution is -2.33. The molecule has 2 N–H and O–H groups in total. The van der Waals surface area contributed by atoms with Crippen molar-refractivity contribution in [1.29, 1.82) is 0 Å². The van der Waals surface area contributed by atoms with Crippen LogP contribution in [0.1, 0.15) is 13.3 Å². The molecule has 0 atom stereocenters. The number of aliphatic imine (C=N–C) groups is 1. The topological polar surface area (TPSA) is 64.9 Å². The molecule has 0 aliphatic rings. The van der Waals surface area contributed by atoms with Crippen molar-refractivity contribution in [1.82, 2.24) is 10.2 Å². The first kappa shape index (κ1) is 14.3. The Kier molecular flexibility index (Phi) is 9.70. The maximum Gasteiger partial charge on any atom is 0.303 e. The molecule has 0 aromatic carbocycles. The number of aliphatic carboxylic acids is 1. The molecule has 0 aromatic rings. The van der Waals surface area contributed by atoms with Crippen molar-refractivity contribution in [2.75, 3.05) is 28.2 Å². The highest BCUT2D eigenvalue weighted by atomic mass is 16.4. The normalized spacial score (nSPS) is 9.77. The van der Waals surface area contributed by atoms with Crippen LogP contribution in [0.2, 0.25) is 0 Å². The average Bonchev–Trinajstić information content (AvgIpc) is 2.07. The van der Waals surface area contributed by atoms with E-state index in [0.29, 0.717) is 0 Å². The molecule has 0 aliphatic heterocycles. The number of carboxylic acids is 1. The molecule has 78 valence electrons. The van der Waals surface area contributed by atoms with E-state index in [1.54, 1.807) is 14.0 Å². The van der Waals surface area contributed by atoms with E-state index in [9.17, 15) is 4.79 Å². The molecule has 0 rings (SSSR count). The predicted octanol–water partition coefficient (Wildman–Crippen LogP) is 0.234. The molecular weight excluding hydrogens is 170 g/mol. The molecule has 5 heteroatoms. The summed E-state index contributed by atoms with van der Waals surface area (Å²) >= 11 is 0. The van der Waals surface area contributed by atoms with Crippen LogP contribution in [-0.2, 0) is 4.79 Å². The second-order valence-corrected chi connectivity index (χ2v) is 2.44. The molecule has 13 heavy (non-hydrogen) atoms. The summed E-state index contributed by atoms with van der Waals surface area (Å²) in [5.74, 6) is 0.148. The fourth-order valence-electron chi connectivity index (χ4n) is 0.535. The monoisotopic (exact) mass is 189 g/mol. The van der Waals surface area contributed by atoms with Crippen LogP contribution in [0.4, 0.5) is 0 Å². The Morgan fingerprint density at radius 2 is 1.92 bits per heavy atom. The predicted molar refractivity (Wildman–Crippen MR) is 54.0 cm³/mol. The zero-order valence-corrected chi connectivity index (χ0v) is 8.96. The van der Waals surface area contributed by atoms with Gasteiger partial charge in [0.1, 0.15) is 0 Å². The molecule has 0 aromatic heterocycles. The number of guanidine groups is 1. The first-order valence-electron chi connectivity index (χ1n) is 4.03. The van der Waals surface area contributed by atoms with Crippen molar-refractivity contribution in [2.45, 2.75) is 13.3 Å². The highest BCUT2D eigenvalue weighted by Gasteiger charge is 1.91. The molecule has 0 saturated heterocycles. The van der Waals surface area contributed by atoms with Crippen LogP contribution in [-0.4, -0.2) is 50.1 Å². The maximum atomic E-state index is 9.37. The number of carboxylic acid groups (broad SMARTS) is 1. The Bertz CT molecular complexity index is 167. The minimum absolute atomic E-state index is 0.222. The second-order valence-electron chi connectivity index (χ2n) is 2.44. The minimum atomic E-state index is -0.745. The smallest absolute Gasteiger partial charge is 0.303 e. The second kappa shape index (κ2) is 8.83. The molecular formula is C8H19N3O2. The Labute approximate surface area is 79.5 Å². The number of nitrogens with zero attached hydrogens (tertiary/aromatic N) is 2. The molecule has 0 radical (unpaired) electrons. The third-order valence-electron chi connectivity index (χ3n) is 1.16. The number of nitrogens with one attached hydrogen (secondary N) is 1. The highest BCUT2D eigenvalue weighted by Crippen LogP contribution is 1.73. The summed E-state index contributed by atoms with van der Waals surface area (Å²) in [6, 6.07) is 0. The van der Waals surface area contributed by atoms with Crippen LogP contribution in [0.15, 0.2) is 4.99 Å². The van der Waals surface area contributed by atoms with Crippen molar-refractivity contribution in [3.63, 3.8) is 0 Å². The average molecular weight is 189 g/mol. The van der Waals surface area contributed by atoms with Crippen LogP contribution in [0, 0.1) is 0 Å². The summed E-state index contributed by atoms with van der Waals surface area (Å²) in [7, 11) is 7.49. The molecule has 0 heterocycles. The number of hydrogen-bond acceptors (Lipinski definition) is 2. The molecule has 0 amide bonds. The quantitative estimate of drug-likeness (QED) is 0.458. The van der Waals surface area contributed by atoms with Gasteiger partial charge >= 0.3 is 5.97 Å². The van der Waals surface area contributed by atoms with Crippen molar-refractivity contribution in [3.8, 4) is 0 Å². The Hall–Kier alpha value is -1.26. The van der Waals surface area contributed by atoms with Gasteiger partial charge in [-0.15, -0.1) is 0 Å². The first-order valence-corrected chi connectivity index (χ1v) is 4.03. The van der Waals surface area contributed by atoms with E-state index in [-0.39, 0.29) is 6.42 Å². The molecule has 0 fully saturated rings. The van der Waals surface area contributed by atoms with Crippen LogP contribution < -0.4 is 5.32 Å². The van der Waals surface area contributed by atoms with Gasteiger partial charge in [0.2, 0.25) is 0 Å². The van der Waals surface area contributed by atoms with E-state index in [4.69, 9.17) is 5.11 Å². The summed E-state index contributed by atoms with van der Waals surface area (Å²) in [6.45, 7) is 1.60. The molecule has 0 unspecified atom stereocenters. The highest BCUT2D eigenvalue weighted by molar-refractivity contribution is 5.78. The fraction of sp³-hybridized carbons (Fsp3) is 0.750. The van der Waals surface area contributed by atoms with Gasteiger partial charge in [-0.2, -0.15) is 0 Å². The van der Waals surface area contributed by atoms with Gasteiger partial charge in [0.25, 0.3) is 0 Å². The maximum absolute atomic E-state index is 9.37. The Morgan fingerprint density at radius 1 is 1.54 bits per heavy atom. The Balaban J connectivity index is 0. The summed E-state index contributed by atoms with van der Waals surface area (Å²) in [4.78, 5) is 15.2. The lowest BCUT2D eigenvalue weighted by Gasteiger charge is -2.12. The van der Waals surface area contributed by atoms with Gasteiger partial charge in [0, 0.05) is 34.6 Å². The third-order valence-corrected chi connectivity index (χ3v) is 1.16. The molecule has 0 bridgehead atoms. The van der Waals surface area contributed by atoms with Gasteiger partial charge in [-0.25, -0.2) is 0 Å². The van der Waals surface area contributed by atoms with Crippen molar-refractivity contribution < 1.29 is 9.90 Å². The third kappa shape index (κ3) is 10.7. The van der Waals surface area contributed by atoms with Gasteiger partial charge in [0.05, 0.1) is 0 Å². The summed E-state index contributed by atoms with van der Waals surface area (Å²) < 4.78 is 0. The van der Waals surface area contributed by atoms with Gasteiger partial charge in [-0.05, 0) is 0 Å². The zero-order chi connectivity index (χ0) is 10.9. The molecule has 0 aliphatic carbocycles. The zero-order valence-electron chi connectivity index (χ0n) is 8.96. The first-order chi connectivity index (χ1) is 5.99. The van der Waals surface area contributed by atoms with Crippen LogP contribution in [0.25, 0.3) is 0 Å². The van der Waals surface area contributed by atoms with Gasteiger partial charge < -0.3 is 15.3 Å². The standard InChI is InChI=1S/C5H13N3.C3H6O2/c1-6-5(7-2)8(3)4;1-2-3(4)5/h1-4H3,(H,6,7);2H2,1H3,(H,4,5). The Morgan fingerprint density at radius 3 is 1.92 bits per heavy atom. The largest absolute Gasteiger partial charge is 0.481 e. The van der Waals surface area contributed by atoms with Crippen molar-refractivity contribution >= 4 is 11.9 Å². The van der Waals surface area contributed by atoms with E-state index in [0.717, 1.165) is 5.96 Å².